The van der Waals surface area contributed by atoms with Crippen molar-refractivity contribution in [2.24, 2.45) is 0 Å². The topological polar surface area (TPSA) is 0 Å². The molecule has 0 rings (SSSR count). The lowest BCUT2D eigenvalue weighted by atomic mass is 10.2. The van der Waals surface area contributed by atoms with Crippen LogP contribution in [0.2, 0.25) is 0 Å². The van der Waals surface area contributed by atoms with E-state index in [1.54, 1.807) is 0 Å². The SMILES string of the molecule is CCCC#CCCC=CCCC. The highest BCUT2D eigenvalue weighted by Crippen LogP contribution is 1.94. The molecule has 0 amide bonds. The lowest BCUT2D eigenvalue weighted by Crippen LogP contribution is -1.67. The van der Waals surface area contributed by atoms with Gasteiger partial charge in [0.2, 0.25) is 0 Å². The van der Waals surface area contributed by atoms with Crippen molar-refractivity contribution >= 4 is 0 Å². The van der Waals surface area contributed by atoms with E-state index in [4.69, 9.17) is 0 Å². The molecule has 0 atom stereocenters. The second-order valence-electron chi connectivity index (χ2n) is 2.90. The first-order valence-corrected chi connectivity index (χ1v) is 5.02. The molecule has 0 nitrogen and oxygen atoms in total. The highest BCUT2D eigenvalue weighted by atomic mass is 13.8. The Hall–Kier alpha value is -0.700. The smallest absolute Gasteiger partial charge is 0.0123 e. The van der Waals surface area contributed by atoms with Gasteiger partial charge in [0.05, 0.1) is 0 Å². The van der Waals surface area contributed by atoms with Crippen molar-refractivity contribution in [3.8, 4) is 11.8 Å². The van der Waals surface area contributed by atoms with E-state index >= 15 is 0 Å². The van der Waals surface area contributed by atoms with E-state index in [1.807, 2.05) is 0 Å². The van der Waals surface area contributed by atoms with E-state index < -0.39 is 0 Å². The van der Waals surface area contributed by atoms with Crippen LogP contribution in [-0.4, -0.2) is 0 Å². The molecule has 0 fully saturated rings. The molecule has 0 aromatic carbocycles. The average Bonchev–Trinajstić information content (AvgIpc) is 2.10. The standard InChI is InChI=1S/C12H20/c1-3-5-7-9-11-12-10-8-6-4-2/h7,9H,3-6,11-12H2,1-2H3. The van der Waals surface area contributed by atoms with Gasteiger partial charge in [-0.15, -0.1) is 11.8 Å². The summed E-state index contributed by atoms with van der Waals surface area (Å²) in [5.41, 5.74) is 0. The van der Waals surface area contributed by atoms with E-state index in [2.05, 4.69) is 37.8 Å². The number of hydrogen-bond donors (Lipinski definition) is 0. The zero-order valence-electron chi connectivity index (χ0n) is 8.40. The van der Waals surface area contributed by atoms with Gasteiger partial charge in [0, 0.05) is 12.8 Å². The van der Waals surface area contributed by atoms with E-state index in [0.717, 1.165) is 19.3 Å². The molecule has 0 unspecified atom stereocenters. The van der Waals surface area contributed by atoms with Crippen molar-refractivity contribution in [3.05, 3.63) is 12.2 Å². The first-order valence-electron chi connectivity index (χ1n) is 5.02. The van der Waals surface area contributed by atoms with Crippen LogP contribution >= 0.6 is 0 Å². The van der Waals surface area contributed by atoms with Crippen molar-refractivity contribution < 1.29 is 0 Å². The molecular weight excluding hydrogens is 144 g/mol. The molecule has 0 bridgehead atoms. The van der Waals surface area contributed by atoms with Gasteiger partial charge >= 0.3 is 0 Å². The van der Waals surface area contributed by atoms with Gasteiger partial charge in [-0.05, 0) is 19.3 Å². The first-order chi connectivity index (χ1) is 5.91. The molecule has 12 heavy (non-hydrogen) atoms. The maximum atomic E-state index is 3.16. The number of allylic oxidation sites excluding steroid dienone is 2. The molecule has 0 heterocycles. The van der Waals surface area contributed by atoms with Crippen LogP contribution in [0.3, 0.4) is 0 Å². The molecule has 0 radical (unpaired) electrons. The van der Waals surface area contributed by atoms with Crippen LogP contribution in [0, 0.1) is 11.8 Å². The fourth-order valence-electron chi connectivity index (χ4n) is 0.860. The molecule has 0 aromatic rings. The molecular formula is C12H20. The van der Waals surface area contributed by atoms with Crippen LogP contribution in [-0.2, 0) is 0 Å². The number of unbranched alkanes of at least 4 members (excludes halogenated alkanes) is 3. The average molecular weight is 164 g/mol. The van der Waals surface area contributed by atoms with Crippen LogP contribution in [0.4, 0.5) is 0 Å². The van der Waals surface area contributed by atoms with Gasteiger partial charge in [0.15, 0.2) is 0 Å². The van der Waals surface area contributed by atoms with Gasteiger partial charge in [-0.25, -0.2) is 0 Å². The zero-order chi connectivity index (χ0) is 9.07. The second-order valence-corrected chi connectivity index (χ2v) is 2.90. The lowest BCUT2D eigenvalue weighted by molar-refractivity contribution is 0.945. The predicted octanol–water partition coefficient (Wildman–Crippen LogP) is 3.93. The molecule has 0 aliphatic heterocycles. The van der Waals surface area contributed by atoms with Crippen molar-refractivity contribution in [1.29, 1.82) is 0 Å². The van der Waals surface area contributed by atoms with Gasteiger partial charge in [-0.3, -0.25) is 0 Å². The number of rotatable bonds is 5. The van der Waals surface area contributed by atoms with E-state index in [1.165, 1.54) is 19.3 Å². The number of hydrogen-bond acceptors (Lipinski definition) is 0. The van der Waals surface area contributed by atoms with Crippen molar-refractivity contribution in [1.82, 2.24) is 0 Å². The highest BCUT2D eigenvalue weighted by Gasteiger charge is 1.76. The minimum Gasteiger partial charge on any atom is -0.103 e. The van der Waals surface area contributed by atoms with Crippen LogP contribution in [0.5, 0.6) is 0 Å². The monoisotopic (exact) mass is 164 g/mol. The molecule has 0 saturated heterocycles. The highest BCUT2D eigenvalue weighted by molar-refractivity contribution is 5.00. The Balaban J connectivity index is 3.16. The molecule has 0 aromatic heterocycles. The summed E-state index contributed by atoms with van der Waals surface area (Å²) < 4.78 is 0. The molecule has 0 N–H and O–H groups in total. The van der Waals surface area contributed by atoms with Crippen molar-refractivity contribution in [2.45, 2.75) is 52.4 Å². The van der Waals surface area contributed by atoms with Crippen LogP contribution in [0.15, 0.2) is 12.2 Å². The summed E-state index contributed by atoms with van der Waals surface area (Å²) in [4.78, 5) is 0. The minimum absolute atomic E-state index is 1.03. The van der Waals surface area contributed by atoms with E-state index in [0.29, 0.717) is 0 Å². The molecule has 0 spiro atoms. The van der Waals surface area contributed by atoms with Gasteiger partial charge in [0.1, 0.15) is 0 Å². The maximum absolute atomic E-state index is 3.16. The Morgan fingerprint density at radius 3 is 2.17 bits per heavy atom. The molecule has 68 valence electrons. The van der Waals surface area contributed by atoms with Gasteiger partial charge < -0.3 is 0 Å². The first kappa shape index (κ1) is 11.3. The van der Waals surface area contributed by atoms with E-state index in [-0.39, 0.29) is 0 Å². The zero-order valence-corrected chi connectivity index (χ0v) is 8.40. The summed E-state index contributed by atoms with van der Waals surface area (Å²) in [6.45, 7) is 4.36. The maximum Gasteiger partial charge on any atom is 0.0123 e. The summed E-state index contributed by atoms with van der Waals surface area (Å²) in [6.07, 6.45) is 11.3. The third kappa shape index (κ3) is 9.30. The van der Waals surface area contributed by atoms with Gasteiger partial charge in [-0.1, -0.05) is 32.4 Å². The molecule has 0 aliphatic rings. The molecule has 0 aliphatic carbocycles. The summed E-state index contributed by atoms with van der Waals surface area (Å²) in [6, 6.07) is 0. The van der Waals surface area contributed by atoms with Gasteiger partial charge in [0.25, 0.3) is 0 Å². The molecule has 0 saturated carbocycles. The van der Waals surface area contributed by atoms with Crippen LogP contribution in [0.1, 0.15) is 52.4 Å². The minimum atomic E-state index is 1.03. The second kappa shape index (κ2) is 10.3. The predicted molar refractivity (Wildman–Crippen MR) is 56.0 cm³/mol. The fourth-order valence-corrected chi connectivity index (χ4v) is 0.860. The summed E-state index contributed by atoms with van der Waals surface area (Å²) in [5.74, 6) is 6.30. The Kier molecular flexibility index (Phi) is 9.70. The third-order valence-electron chi connectivity index (χ3n) is 1.56. The molecule has 0 heteroatoms. The summed E-state index contributed by atoms with van der Waals surface area (Å²) >= 11 is 0. The third-order valence-corrected chi connectivity index (χ3v) is 1.56. The summed E-state index contributed by atoms with van der Waals surface area (Å²) in [5, 5.41) is 0. The Morgan fingerprint density at radius 2 is 1.50 bits per heavy atom. The Bertz CT molecular complexity index is 155. The van der Waals surface area contributed by atoms with Crippen LogP contribution < -0.4 is 0 Å². The van der Waals surface area contributed by atoms with Crippen molar-refractivity contribution in [3.63, 3.8) is 0 Å². The Labute approximate surface area is 77.1 Å². The normalized spacial score (nSPS) is 9.83. The summed E-state index contributed by atoms with van der Waals surface area (Å²) in [7, 11) is 0. The van der Waals surface area contributed by atoms with Crippen LogP contribution in [0.25, 0.3) is 0 Å². The van der Waals surface area contributed by atoms with Gasteiger partial charge in [-0.2, -0.15) is 0 Å². The largest absolute Gasteiger partial charge is 0.103 e. The Morgan fingerprint density at radius 1 is 0.833 bits per heavy atom. The quantitative estimate of drug-likeness (QED) is 0.328. The van der Waals surface area contributed by atoms with E-state index in [9.17, 15) is 0 Å². The lowest BCUT2D eigenvalue weighted by Gasteiger charge is -1.84. The fraction of sp³-hybridized carbons (Fsp3) is 0.667. The van der Waals surface area contributed by atoms with Crippen molar-refractivity contribution in [2.75, 3.05) is 0 Å².